The van der Waals surface area contributed by atoms with Crippen LogP contribution in [0, 0.1) is 5.41 Å². The van der Waals surface area contributed by atoms with E-state index in [4.69, 9.17) is 0 Å². The minimum atomic E-state index is 0.661. The second-order valence-electron chi connectivity index (χ2n) is 5.80. The first-order valence-corrected chi connectivity index (χ1v) is 6.68. The predicted molar refractivity (Wildman–Crippen MR) is 65.1 cm³/mol. The standard InChI is InChI=1S/C13H26N2/c1-3-14-12-6-4-9-15(10-12)11-13(2)7-5-8-13/h12,14H,3-11H2,1-2H3. The molecule has 15 heavy (non-hydrogen) atoms. The summed E-state index contributed by atoms with van der Waals surface area (Å²) in [6.07, 6.45) is 7.13. The number of nitrogens with one attached hydrogen (secondary N) is 1. The van der Waals surface area contributed by atoms with E-state index in [-0.39, 0.29) is 0 Å². The van der Waals surface area contributed by atoms with Crippen molar-refractivity contribution in [2.24, 2.45) is 5.41 Å². The Balaban J connectivity index is 1.77. The molecule has 1 N–H and O–H groups in total. The van der Waals surface area contributed by atoms with E-state index < -0.39 is 0 Å². The lowest BCUT2D eigenvalue weighted by Crippen LogP contribution is -2.49. The molecule has 1 aliphatic heterocycles. The van der Waals surface area contributed by atoms with Gasteiger partial charge in [-0.05, 0) is 44.2 Å². The molecule has 0 bridgehead atoms. The summed E-state index contributed by atoms with van der Waals surface area (Å²) < 4.78 is 0. The average molecular weight is 210 g/mol. The van der Waals surface area contributed by atoms with Gasteiger partial charge in [0.2, 0.25) is 0 Å². The normalized spacial score (nSPS) is 31.2. The fourth-order valence-electron chi connectivity index (χ4n) is 3.13. The van der Waals surface area contributed by atoms with Crippen molar-refractivity contribution < 1.29 is 0 Å². The molecule has 0 radical (unpaired) electrons. The summed E-state index contributed by atoms with van der Waals surface area (Å²) in [5.41, 5.74) is 0.661. The summed E-state index contributed by atoms with van der Waals surface area (Å²) in [5.74, 6) is 0. The highest BCUT2D eigenvalue weighted by Gasteiger charge is 2.34. The lowest BCUT2D eigenvalue weighted by Gasteiger charge is -2.44. The maximum absolute atomic E-state index is 3.59. The molecule has 2 rings (SSSR count). The second kappa shape index (κ2) is 4.84. The molecule has 1 saturated carbocycles. The summed E-state index contributed by atoms with van der Waals surface area (Å²) >= 11 is 0. The predicted octanol–water partition coefficient (Wildman–Crippen LogP) is 2.25. The Morgan fingerprint density at radius 3 is 2.73 bits per heavy atom. The van der Waals surface area contributed by atoms with Gasteiger partial charge in [-0.1, -0.05) is 20.3 Å². The molecule has 0 aromatic carbocycles. The number of hydrogen-bond acceptors (Lipinski definition) is 2. The summed E-state index contributed by atoms with van der Waals surface area (Å²) in [7, 11) is 0. The van der Waals surface area contributed by atoms with Crippen molar-refractivity contribution in [1.29, 1.82) is 0 Å². The molecule has 1 aliphatic carbocycles. The van der Waals surface area contributed by atoms with Crippen LogP contribution < -0.4 is 5.32 Å². The zero-order valence-electron chi connectivity index (χ0n) is 10.4. The van der Waals surface area contributed by atoms with Gasteiger partial charge in [0.15, 0.2) is 0 Å². The Labute approximate surface area is 94.4 Å². The van der Waals surface area contributed by atoms with Gasteiger partial charge in [0.25, 0.3) is 0 Å². The van der Waals surface area contributed by atoms with Crippen molar-refractivity contribution in [2.75, 3.05) is 26.2 Å². The third-order valence-electron chi connectivity index (χ3n) is 4.16. The molecule has 2 heteroatoms. The zero-order valence-corrected chi connectivity index (χ0v) is 10.4. The smallest absolute Gasteiger partial charge is 0.0195 e. The van der Waals surface area contributed by atoms with Crippen molar-refractivity contribution >= 4 is 0 Å². The Morgan fingerprint density at radius 1 is 1.33 bits per heavy atom. The molecular weight excluding hydrogens is 184 g/mol. The summed E-state index contributed by atoms with van der Waals surface area (Å²) in [5, 5.41) is 3.59. The first-order chi connectivity index (χ1) is 7.22. The van der Waals surface area contributed by atoms with Crippen LogP contribution in [0.4, 0.5) is 0 Å². The van der Waals surface area contributed by atoms with Gasteiger partial charge in [-0.25, -0.2) is 0 Å². The van der Waals surface area contributed by atoms with E-state index >= 15 is 0 Å². The maximum atomic E-state index is 3.59. The molecule has 0 aromatic heterocycles. The van der Waals surface area contributed by atoms with E-state index in [2.05, 4.69) is 24.1 Å². The number of hydrogen-bond donors (Lipinski definition) is 1. The molecule has 0 amide bonds. The van der Waals surface area contributed by atoms with Gasteiger partial charge >= 0.3 is 0 Å². The molecule has 2 nitrogen and oxygen atoms in total. The lowest BCUT2D eigenvalue weighted by atomic mass is 9.70. The minimum Gasteiger partial charge on any atom is -0.313 e. The van der Waals surface area contributed by atoms with Gasteiger partial charge in [0, 0.05) is 19.1 Å². The van der Waals surface area contributed by atoms with Crippen LogP contribution in [0.5, 0.6) is 0 Å². The molecule has 1 unspecified atom stereocenters. The molecule has 1 atom stereocenters. The van der Waals surface area contributed by atoms with Gasteiger partial charge in [-0.2, -0.15) is 0 Å². The number of likely N-dealkylation sites (tertiary alicyclic amines) is 1. The Bertz CT molecular complexity index is 197. The largest absolute Gasteiger partial charge is 0.313 e. The quantitative estimate of drug-likeness (QED) is 0.765. The van der Waals surface area contributed by atoms with Crippen LogP contribution in [0.1, 0.15) is 46.0 Å². The van der Waals surface area contributed by atoms with Crippen molar-refractivity contribution in [3.05, 3.63) is 0 Å². The maximum Gasteiger partial charge on any atom is 0.0195 e. The molecule has 0 spiro atoms. The van der Waals surface area contributed by atoms with E-state index in [0.717, 1.165) is 12.6 Å². The SMILES string of the molecule is CCNC1CCCN(CC2(C)CCC2)C1. The molecule has 1 heterocycles. The number of nitrogens with zero attached hydrogens (tertiary/aromatic N) is 1. The van der Waals surface area contributed by atoms with Gasteiger partial charge in [-0.3, -0.25) is 0 Å². The van der Waals surface area contributed by atoms with Crippen molar-refractivity contribution in [3.8, 4) is 0 Å². The van der Waals surface area contributed by atoms with E-state index in [1.165, 1.54) is 51.7 Å². The number of likely N-dealkylation sites (N-methyl/N-ethyl adjacent to an activating group) is 1. The Kier molecular flexibility index (Phi) is 3.68. The van der Waals surface area contributed by atoms with Crippen LogP contribution in [0.25, 0.3) is 0 Å². The van der Waals surface area contributed by atoms with Crippen molar-refractivity contribution in [2.45, 2.75) is 52.0 Å². The highest BCUT2D eigenvalue weighted by molar-refractivity contribution is 4.88. The van der Waals surface area contributed by atoms with Crippen LogP contribution in [0.15, 0.2) is 0 Å². The topological polar surface area (TPSA) is 15.3 Å². The summed E-state index contributed by atoms with van der Waals surface area (Å²) in [6.45, 7) is 9.76. The minimum absolute atomic E-state index is 0.661. The highest BCUT2D eigenvalue weighted by Crippen LogP contribution is 2.41. The Hall–Kier alpha value is -0.0800. The summed E-state index contributed by atoms with van der Waals surface area (Å²) in [6, 6.07) is 0.757. The molecular formula is C13H26N2. The fourth-order valence-corrected chi connectivity index (χ4v) is 3.13. The van der Waals surface area contributed by atoms with Gasteiger partial charge in [-0.15, -0.1) is 0 Å². The Morgan fingerprint density at radius 2 is 2.13 bits per heavy atom. The van der Waals surface area contributed by atoms with Crippen LogP contribution >= 0.6 is 0 Å². The van der Waals surface area contributed by atoms with E-state index in [1.807, 2.05) is 0 Å². The first-order valence-electron chi connectivity index (χ1n) is 6.68. The first kappa shape index (κ1) is 11.4. The van der Waals surface area contributed by atoms with Gasteiger partial charge in [0.1, 0.15) is 0 Å². The lowest BCUT2D eigenvalue weighted by molar-refractivity contribution is 0.0657. The zero-order chi connectivity index (χ0) is 10.7. The number of rotatable bonds is 4. The van der Waals surface area contributed by atoms with Crippen LogP contribution in [-0.2, 0) is 0 Å². The third-order valence-corrected chi connectivity index (χ3v) is 4.16. The molecule has 2 fully saturated rings. The van der Waals surface area contributed by atoms with Crippen LogP contribution in [0.2, 0.25) is 0 Å². The molecule has 2 aliphatic rings. The van der Waals surface area contributed by atoms with E-state index in [1.54, 1.807) is 0 Å². The van der Waals surface area contributed by atoms with Gasteiger partial charge in [0.05, 0.1) is 0 Å². The van der Waals surface area contributed by atoms with Crippen LogP contribution in [-0.4, -0.2) is 37.1 Å². The third kappa shape index (κ3) is 2.94. The van der Waals surface area contributed by atoms with Crippen LogP contribution in [0.3, 0.4) is 0 Å². The fraction of sp³-hybridized carbons (Fsp3) is 1.00. The average Bonchev–Trinajstić information content (AvgIpc) is 2.16. The second-order valence-corrected chi connectivity index (χ2v) is 5.80. The molecule has 88 valence electrons. The van der Waals surface area contributed by atoms with E-state index in [9.17, 15) is 0 Å². The molecule has 1 saturated heterocycles. The number of piperidine rings is 1. The van der Waals surface area contributed by atoms with Crippen molar-refractivity contribution in [1.82, 2.24) is 10.2 Å². The van der Waals surface area contributed by atoms with Crippen molar-refractivity contribution in [3.63, 3.8) is 0 Å². The highest BCUT2D eigenvalue weighted by atomic mass is 15.2. The summed E-state index contributed by atoms with van der Waals surface area (Å²) in [4.78, 5) is 2.69. The van der Waals surface area contributed by atoms with Gasteiger partial charge < -0.3 is 10.2 Å². The van der Waals surface area contributed by atoms with E-state index in [0.29, 0.717) is 5.41 Å². The molecule has 0 aromatic rings. The monoisotopic (exact) mass is 210 g/mol.